The van der Waals surface area contributed by atoms with E-state index in [1.54, 1.807) is 30.3 Å². The Morgan fingerprint density at radius 1 is 0.829 bits per heavy atom. The second-order valence-electron chi connectivity index (χ2n) is 9.58. The zero-order valence-corrected chi connectivity index (χ0v) is 22.7. The van der Waals surface area contributed by atoms with Gasteiger partial charge in [-0.15, -0.1) is 0 Å². The predicted octanol–water partition coefficient (Wildman–Crippen LogP) is 6.84. The van der Waals surface area contributed by atoms with Crippen LogP contribution in [0.5, 0.6) is 0 Å². The zero-order valence-electron chi connectivity index (χ0n) is 22.0. The highest BCUT2D eigenvalue weighted by atomic mass is 35.5. The van der Waals surface area contributed by atoms with E-state index in [4.69, 9.17) is 33.2 Å². The SMILES string of the molecule is [C-]#[N+]c1ccc(CNC(=O)c2ccc3nc(-c4ccc(Cl)cc4)c(CCc4cccc(CC(=O)O)c4)nc3c2)cc1. The molecule has 0 fully saturated rings. The Morgan fingerprint density at radius 2 is 1.59 bits per heavy atom. The van der Waals surface area contributed by atoms with Crippen molar-refractivity contribution in [2.45, 2.75) is 25.8 Å². The number of hydrogen-bond acceptors (Lipinski definition) is 4. The molecule has 2 N–H and O–H groups in total. The number of carbonyl (C=O) groups excluding carboxylic acids is 1. The van der Waals surface area contributed by atoms with Gasteiger partial charge in [-0.1, -0.05) is 72.3 Å². The van der Waals surface area contributed by atoms with Crippen molar-refractivity contribution in [2.75, 3.05) is 0 Å². The van der Waals surface area contributed by atoms with Crippen LogP contribution in [-0.4, -0.2) is 27.0 Å². The number of hydrogen-bond donors (Lipinski definition) is 2. The van der Waals surface area contributed by atoms with Crippen molar-refractivity contribution in [3.63, 3.8) is 0 Å². The summed E-state index contributed by atoms with van der Waals surface area (Å²) in [4.78, 5) is 37.3. The number of aliphatic carboxylic acids is 1. The summed E-state index contributed by atoms with van der Waals surface area (Å²) >= 11 is 6.12. The summed E-state index contributed by atoms with van der Waals surface area (Å²) in [6.45, 7) is 7.40. The van der Waals surface area contributed by atoms with Gasteiger partial charge in [-0.05, 0) is 59.9 Å². The van der Waals surface area contributed by atoms with Gasteiger partial charge in [0.05, 0.1) is 35.4 Å². The molecule has 8 heteroatoms. The van der Waals surface area contributed by atoms with Gasteiger partial charge < -0.3 is 10.4 Å². The van der Waals surface area contributed by atoms with E-state index in [-0.39, 0.29) is 12.3 Å². The molecule has 5 aromatic rings. The Morgan fingerprint density at radius 3 is 2.32 bits per heavy atom. The van der Waals surface area contributed by atoms with Crippen molar-refractivity contribution >= 4 is 40.2 Å². The third-order valence-corrected chi connectivity index (χ3v) is 6.88. The maximum Gasteiger partial charge on any atom is 0.307 e. The molecule has 5 rings (SSSR count). The van der Waals surface area contributed by atoms with Crippen molar-refractivity contribution in [1.82, 2.24) is 15.3 Å². The lowest BCUT2D eigenvalue weighted by Gasteiger charge is -2.12. The summed E-state index contributed by atoms with van der Waals surface area (Å²) in [6.07, 6.45) is 1.17. The number of carboxylic acid groups (broad SMARTS) is 1. The molecule has 0 bridgehead atoms. The molecule has 1 amide bonds. The number of nitrogens with one attached hydrogen (secondary N) is 1. The number of carbonyl (C=O) groups is 2. The monoisotopic (exact) mass is 560 g/mol. The molecule has 0 saturated heterocycles. The second kappa shape index (κ2) is 12.4. The number of rotatable bonds is 9. The molecular weight excluding hydrogens is 536 g/mol. The Labute approximate surface area is 242 Å². The number of nitrogens with zero attached hydrogens (tertiary/aromatic N) is 3. The zero-order chi connectivity index (χ0) is 28.8. The first-order valence-corrected chi connectivity index (χ1v) is 13.4. The molecule has 0 aliphatic carbocycles. The molecule has 0 radical (unpaired) electrons. The fraction of sp³-hybridized carbons (Fsp3) is 0.121. The number of amides is 1. The van der Waals surface area contributed by atoms with Crippen LogP contribution in [-0.2, 0) is 30.6 Å². The Bertz CT molecular complexity index is 1780. The van der Waals surface area contributed by atoms with Crippen LogP contribution < -0.4 is 5.32 Å². The minimum atomic E-state index is -0.870. The van der Waals surface area contributed by atoms with E-state index in [1.807, 2.05) is 60.7 Å². The van der Waals surface area contributed by atoms with Crippen molar-refractivity contribution in [3.8, 4) is 11.3 Å². The van der Waals surface area contributed by atoms with Crippen LogP contribution in [0.25, 0.3) is 27.1 Å². The molecule has 0 aliphatic rings. The van der Waals surface area contributed by atoms with Gasteiger partial charge in [0.1, 0.15) is 0 Å². The molecule has 0 saturated carbocycles. The minimum Gasteiger partial charge on any atom is -0.481 e. The standard InChI is InChI=1S/C33H25ClN4O3/c1-35-27-13-5-22(6-14-27)20-36-33(41)25-10-16-28-30(19-25)37-29(32(38-28)24-8-11-26(34)12-9-24)15-7-21-3-2-4-23(17-21)18-31(39)40/h2-6,8-14,16-17,19H,7,15,18,20H2,(H,36,41)(H,39,40). The highest BCUT2D eigenvalue weighted by Gasteiger charge is 2.14. The molecule has 0 unspecified atom stereocenters. The average molecular weight is 561 g/mol. The summed E-state index contributed by atoms with van der Waals surface area (Å²) in [7, 11) is 0. The molecule has 7 nitrogen and oxygen atoms in total. The molecule has 0 aliphatic heterocycles. The van der Waals surface area contributed by atoms with Crippen LogP contribution in [0.1, 0.15) is 32.7 Å². The molecule has 0 atom stereocenters. The van der Waals surface area contributed by atoms with Crippen molar-refractivity contribution in [2.24, 2.45) is 0 Å². The molecule has 1 aromatic heterocycles. The van der Waals surface area contributed by atoms with Crippen molar-refractivity contribution in [3.05, 3.63) is 135 Å². The Kier molecular flexibility index (Phi) is 8.33. The summed E-state index contributed by atoms with van der Waals surface area (Å²) in [5.41, 5.74) is 7.31. The number of halogens is 1. The predicted molar refractivity (Wildman–Crippen MR) is 159 cm³/mol. The van der Waals surface area contributed by atoms with Crippen molar-refractivity contribution < 1.29 is 14.7 Å². The van der Waals surface area contributed by atoms with Crippen LogP contribution in [0, 0.1) is 6.57 Å². The van der Waals surface area contributed by atoms with E-state index >= 15 is 0 Å². The topological polar surface area (TPSA) is 96.5 Å². The van der Waals surface area contributed by atoms with E-state index in [0.717, 1.165) is 33.6 Å². The van der Waals surface area contributed by atoms with Gasteiger partial charge in [-0.2, -0.15) is 0 Å². The third kappa shape index (κ3) is 6.93. The average Bonchev–Trinajstić information content (AvgIpc) is 2.98. The van der Waals surface area contributed by atoms with Crippen LogP contribution >= 0.6 is 11.6 Å². The lowest BCUT2D eigenvalue weighted by atomic mass is 10.0. The van der Waals surface area contributed by atoms with Crippen LogP contribution in [0.15, 0.2) is 91.0 Å². The highest BCUT2D eigenvalue weighted by molar-refractivity contribution is 6.30. The number of fused-ring (bicyclic) bond motifs is 1. The maximum atomic E-state index is 12.9. The summed E-state index contributed by atoms with van der Waals surface area (Å²) < 4.78 is 0. The van der Waals surface area contributed by atoms with E-state index < -0.39 is 5.97 Å². The summed E-state index contributed by atoms with van der Waals surface area (Å²) in [6, 6.07) is 27.3. The first kappa shape index (κ1) is 27.5. The van der Waals surface area contributed by atoms with Gasteiger partial charge in [0.2, 0.25) is 0 Å². The summed E-state index contributed by atoms with van der Waals surface area (Å²) in [5.74, 6) is -1.10. The van der Waals surface area contributed by atoms with E-state index in [0.29, 0.717) is 46.7 Å². The van der Waals surface area contributed by atoms with E-state index in [2.05, 4.69) is 10.2 Å². The molecular formula is C33H25ClN4O3. The lowest BCUT2D eigenvalue weighted by Crippen LogP contribution is -2.22. The fourth-order valence-corrected chi connectivity index (χ4v) is 4.68. The highest BCUT2D eigenvalue weighted by Crippen LogP contribution is 2.27. The number of carboxylic acids is 1. The van der Waals surface area contributed by atoms with Crippen molar-refractivity contribution in [1.29, 1.82) is 0 Å². The van der Waals surface area contributed by atoms with Gasteiger partial charge in [-0.3, -0.25) is 9.59 Å². The van der Waals surface area contributed by atoms with Gasteiger partial charge >= 0.3 is 5.97 Å². The van der Waals surface area contributed by atoms with Gasteiger partial charge in [0, 0.05) is 22.7 Å². The maximum absolute atomic E-state index is 12.9. The van der Waals surface area contributed by atoms with Gasteiger partial charge in [0.25, 0.3) is 5.91 Å². The Balaban J connectivity index is 1.42. The first-order valence-electron chi connectivity index (χ1n) is 13.0. The number of benzene rings is 4. The molecule has 202 valence electrons. The third-order valence-electron chi connectivity index (χ3n) is 6.63. The smallest absolute Gasteiger partial charge is 0.307 e. The molecule has 41 heavy (non-hydrogen) atoms. The normalized spacial score (nSPS) is 10.7. The van der Waals surface area contributed by atoms with Crippen LogP contribution in [0.2, 0.25) is 5.02 Å². The van der Waals surface area contributed by atoms with Crippen LogP contribution in [0.4, 0.5) is 5.69 Å². The number of aryl methyl sites for hydroxylation is 2. The van der Waals surface area contributed by atoms with Crippen LogP contribution in [0.3, 0.4) is 0 Å². The quantitative estimate of drug-likeness (QED) is 0.192. The fourth-order valence-electron chi connectivity index (χ4n) is 4.55. The molecule has 1 heterocycles. The second-order valence-corrected chi connectivity index (χ2v) is 10.0. The van der Waals surface area contributed by atoms with Gasteiger partial charge in [-0.25, -0.2) is 14.8 Å². The van der Waals surface area contributed by atoms with E-state index in [9.17, 15) is 9.59 Å². The molecule has 0 spiro atoms. The van der Waals surface area contributed by atoms with Gasteiger partial charge in [0.15, 0.2) is 5.69 Å². The summed E-state index contributed by atoms with van der Waals surface area (Å²) in [5, 5.41) is 12.7. The first-order chi connectivity index (χ1) is 19.9. The molecule has 4 aromatic carbocycles. The largest absolute Gasteiger partial charge is 0.481 e. The number of aromatic nitrogens is 2. The minimum absolute atomic E-state index is 0.0310. The van der Waals surface area contributed by atoms with E-state index in [1.165, 1.54) is 0 Å². The lowest BCUT2D eigenvalue weighted by molar-refractivity contribution is -0.136. The Hall–Kier alpha value is -5.06.